The van der Waals surface area contributed by atoms with Gasteiger partial charge in [-0.15, -0.1) is 0 Å². The molecular weight excluding hydrogens is 1130 g/mol. The van der Waals surface area contributed by atoms with Gasteiger partial charge in [0.1, 0.15) is 22.7 Å². The van der Waals surface area contributed by atoms with Crippen molar-refractivity contribution in [2.75, 3.05) is 24.5 Å². The number of ether oxygens (including phenoxy) is 1. The molecule has 9 heteroatoms. The Morgan fingerprint density at radius 2 is 0.688 bits per heavy atom. The summed E-state index contributed by atoms with van der Waals surface area (Å²) in [6.45, 7) is -0.436. The number of fused-ring (bicyclic) bond motifs is 11. The lowest BCUT2D eigenvalue weighted by Gasteiger charge is -2.46. The zero-order chi connectivity index (χ0) is 61.1. The molecule has 0 unspecified atom stereocenters. The van der Waals surface area contributed by atoms with E-state index < -0.39 is 0 Å². The van der Waals surface area contributed by atoms with E-state index in [2.05, 4.69) is 358 Å². The van der Waals surface area contributed by atoms with Gasteiger partial charge in [-0.2, -0.15) is 0 Å². The molecule has 434 valence electrons. The third kappa shape index (κ3) is 8.26. The van der Waals surface area contributed by atoms with Crippen LogP contribution in [0, 0.1) is 0 Å². The molecule has 0 bridgehead atoms. The summed E-state index contributed by atoms with van der Waals surface area (Å²) in [5, 5.41) is 2.16. The zero-order valence-electron chi connectivity index (χ0n) is 50.5. The fourth-order valence-corrected chi connectivity index (χ4v) is 15.4. The average Bonchev–Trinajstić information content (AvgIpc) is 1.32. The predicted molar refractivity (Wildman–Crippen MR) is 388 cm³/mol. The second kappa shape index (κ2) is 21.2. The van der Waals surface area contributed by atoms with Crippen molar-refractivity contribution in [1.29, 1.82) is 0 Å². The molecule has 7 nitrogen and oxygen atoms in total. The minimum Gasteiger partial charge on any atom is -0.458 e. The third-order valence-corrected chi connectivity index (χ3v) is 19.2. The van der Waals surface area contributed by atoms with Gasteiger partial charge in [-0.25, -0.2) is 0 Å². The van der Waals surface area contributed by atoms with Gasteiger partial charge in [-0.3, -0.25) is 0 Å². The molecule has 0 radical (unpaired) electrons. The first-order valence-corrected chi connectivity index (χ1v) is 31.9. The number of benzene rings is 14. The molecule has 0 saturated carbocycles. The van der Waals surface area contributed by atoms with E-state index in [0.717, 1.165) is 141 Å². The molecule has 0 N–H and O–H groups in total. The van der Waals surface area contributed by atoms with Crippen LogP contribution < -0.4 is 62.0 Å². The number of nitrogens with zero attached hydrogens (tertiary/aromatic N) is 5. The Morgan fingerprint density at radius 3 is 1.26 bits per heavy atom. The summed E-state index contributed by atoms with van der Waals surface area (Å²) < 4.78 is 14.8. The maximum Gasteiger partial charge on any atom is 0.256 e. The van der Waals surface area contributed by atoms with Crippen molar-refractivity contribution in [3.8, 4) is 22.6 Å². The molecular formula is C84H55B2N5O2. The Kier molecular flexibility index (Phi) is 12.0. The molecule has 0 aliphatic carbocycles. The summed E-state index contributed by atoms with van der Waals surface area (Å²) in [5.41, 5.74) is 26.6. The van der Waals surface area contributed by atoms with Gasteiger partial charge in [0, 0.05) is 102 Å². The molecule has 0 saturated heterocycles. The summed E-state index contributed by atoms with van der Waals surface area (Å²) >= 11 is 0. The molecule has 19 rings (SSSR count). The first kappa shape index (κ1) is 52.7. The van der Waals surface area contributed by atoms with Crippen LogP contribution in [-0.4, -0.2) is 13.4 Å². The van der Waals surface area contributed by atoms with Gasteiger partial charge in [-0.1, -0.05) is 206 Å². The van der Waals surface area contributed by atoms with Gasteiger partial charge in [-0.05, 0) is 148 Å². The molecule has 0 fully saturated rings. The van der Waals surface area contributed by atoms with E-state index in [1.807, 2.05) is 0 Å². The van der Waals surface area contributed by atoms with Crippen LogP contribution in [-0.2, 0) is 0 Å². The number of anilines is 15. The molecule has 4 aliphatic heterocycles. The van der Waals surface area contributed by atoms with Crippen LogP contribution in [0.1, 0.15) is 0 Å². The largest absolute Gasteiger partial charge is 0.458 e. The van der Waals surface area contributed by atoms with Crippen molar-refractivity contribution < 1.29 is 9.15 Å². The zero-order valence-corrected chi connectivity index (χ0v) is 50.5. The van der Waals surface area contributed by atoms with E-state index in [9.17, 15) is 0 Å². The molecule has 0 atom stereocenters. The normalized spacial score (nSPS) is 12.9. The molecule has 4 aliphatic rings. The lowest BCUT2D eigenvalue weighted by molar-refractivity contribution is 0.488. The number of hydrogen-bond acceptors (Lipinski definition) is 7. The topological polar surface area (TPSA) is 38.6 Å². The lowest BCUT2D eigenvalue weighted by atomic mass is 9.30. The maximum absolute atomic E-state index is 7.85. The van der Waals surface area contributed by atoms with Crippen LogP contribution in [0.25, 0.3) is 33.1 Å². The second-order valence-corrected chi connectivity index (χ2v) is 24.3. The highest BCUT2D eigenvalue weighted by Gasteiger charge is 2.48. The van der Waals surface area contributed by atoms with Gasteiger partial charge in [0.25, 0.3) is 13.4 Å². The van der Waals surface area contributed by atoms with E-state index in [1.54, 1.807) is 0 Å². The first-order valence-electron chi connectivity index (χ1n) is 31.9. The highest BCUT2D eigenvalue weighted by molar-refractivity contribution is 7.02. The Morgan fingerprint density at radius 1 is 0.258 bits per heavy atom. The first-order chi connectivity index (χ1) is 46.2. The summed E-state index contributed by atoms with van der Waals surface area (Å²) in [6, 6.07) is 121. The van der Waals surface area contributed by atoms with Crippen LogP contribution in [0.4, 0.5) is 85.3 Å². The summed E-state index contributed by atoms with van der Waals surface area (Å²) in [5.74, 6) is 1.61. The standard InChI is InChI=1S/C84H55B2N5O2/c1-7-28-56(29-8-1)87(57-30-9-2-10-31-57)62-50-76-82-77(51-62)91(72-46-23-19-40-64(72)66-42-27-43-67-65-41-20-26-49-79(65)93-84(66)67)75-55-80-71(54-70(75)85(82)68-44-21-24-47-73(68)89(76)60-36-15-5-16-37-60)86-69-45-22-25-48-74(69)90(61-38-17-6-18-39-61)78-52-63(53-81(92-80)83(78)86)88(58-32-11-3-12-33-58)59-34-13-4-14-35-59/h1-55H. The van der Waals surface area contributed by atoms with Gasteiger partial charge in [0.15, 0.2) is 0 Å². The molecule has 1 aromatic heterocycles. The molecule has 0 spiro atoms. The number of furan rings is 1. The quantitative estimate of drug-likeness (QED) is 0.126. The molecule has 0 amide bonds. The molecule has 15 aromatic rings. The van der Waals surface area contributed by atoms with Crippen molar-refractivity contribution in [3.63, 3.8) is 0 Å². The van der Waals surface area contributed by atoms with E-state index in [1.165, 1.54) is 21.9 Å². The number of hydrogen-bond donors (Lipinski definition) is 0. The Hall–Kier alpha value is -12.2. The van der Waals surface area contributed by atoms with E-state index >= 15 is 0 Å². The summed E-state index contributed by atoms with van der Waals surface area (Å²) in [4.78, 5) is 12.2. The second-order valence-electron chi connectivity index (χ2n) is 24.3. The van der Waals surface area contributed by atoms with Crippen molar-refractivity contribution in [2.45, 2.75) is 0 Å². The molecule has 5 heterocycles. The van der Waals surface area contributed by atoms with Gasteiger partial charge in [0.2, 0.25) is 0 Å². The predicted octanol–water partition coefficient (Wildman–Crippen LogP) is 18.7. The summed E-state index contributed by atoms with van der Waals surface area (Å²) in [7, 11) is 0. The smallest absolute Gasteiger partial charge is 0.256 e. The van der Waals surface area contributed by atoms with Gasteiger partial charge < -0.3 is 33.7 Å². The fourth-order valence-electron chi connectivity index (χ4n) is 15.4. The Balaban J connectivity index is 0.923. The van der Waals surface area contributed by atoms with E-state index in [-0.39, 0.29) is 13.4 Å². The van der Waals surface area contributed by atoms with Gasteiger partial charge >= 0.3 is 0 Å². The van der Waals surface area contributed by atoms with Gasteiger partial charge in [0.05, 0.1) is 17.1 Å². The third-order valence-electron chi connectivity index (χ3n) is 19.2. The van der Waals surface area contributed by atoms with Crippen LogP contribution >= 0.6 is 0 Å². The van der Waals surface area contributed by atoms with Crippen LogP contribution in [0.3, 0.4) is 0 Å². The highest BCUT2D eigenvalue weighted by atomic mass is 16.5. The minimum atomic E-state index is -0.224. The number of rotatable bonds is 10. The van der Waals surface area contributed by atoms with Crippen molar-refractivity contribution in [3.05, 3.63) is 334 Å². The molecule has 14 aromatic carbocycles. The van der Waals surface area contributed by atoms with Crippen LogP contribution in [0.5, 0.6) is 11.5 Å². The van der Waals surface area contributed by atoms with Crippen molar-refractivity contribution in [1.82, 2.24) is 0 Å². The highest BCUT2D eigenvalue weighted by Crippen LogP contribution is 2.53. The summed E-state index contributed by atoms with van der Waals surface area (Å²) in [6.07, 6.45) is 0. The lowest BCUT2D eigenvalue weighted by Crippen LogP contribution is -2.64. The SMILES string of the molecule is c1ccc(N(c2ccccc2)c2cc3c4c(c2)N(c2ccccc2)c2ccccc2B4c2cc4c(cc2O3)N(c2ccccc2-c2cccc3c2oc2ccccc23)c2cc(N(c3ccccc3)c3ccccc3)cc3c2B4c2ccccc2N3c2ccccc2)cc1. The molecule has 93 heavy (non-hydrogen) atoms. The van der Waals surface area contributed by atoms with Crippen molar-refractivity contribution >= 4 is 153 Å². The van der Waals surface area contributed by atoms with Crippen LogP contribution in [0.2, 0.25) is 0 Å². The maximum atomic E-state index is 7.85. The average molecular weight is 1190 g/mol. The minimum absolute atomic E-state index is 0.212. The fraction of sp³-hybridized carbons (Fsp3) is 0. The monoisotopic (exact) mass is 1190 g/mol. The van der Waals surface area contributed by atoms with Crippen LogP contribution in [0.15, 0.2) is 338 Å². The number of para-hydroxylation sites is 11. The van der Waals surface area contributed by atoms with E-state index in [0.29, 0.717) is 0 Å². The Labute approximate surface area is 540 Å². The Bertz CT molecular complexity index is 5340. The van der Waals surface area contributed by atoms with Crippen molar-refractivity contribution in [2.24, 2.45) is 0 Å². The van der Waals surface area contributed by atoms with E-state index in [4.69, 9.17) is 9.15 Å².